The fourth-order valence-corrected chi connectivity index (χ4v) is 6.47. The summed E-state index contributed by atoms with van der Waals surface area (Å²) in [6.07, 6.45) is 7.07. The number of rotatable bonds is 12. The van der Waals surface area contributed by atoms with Crippen LogP contribution in [0.4, 0.5) is 5.69 Å². The van der Waals surface area contributed by atoms with Crippen molar-refractivity contribution >= 4 is 62.3 Å². The van der Waals surface area contributed by atoms with Gasteiger partial charge in [0, 0.05) is 40.6 Å². The molecule has 1 aliphatic carbocycles. The maximum atomic E-state index is 13.6. The smallest absolute Gasteiger partial charge is 0.243 e. The maximum Gasteiger partial charge on any atom is 0.243 e. The molecule has 3 rings (SSSR count). The Morgan fingerprint density at radius 2 is 1.64 bits per heavy atom. The van der Waals surface area contributed by atoms with Crippen LogP contribution in [0.2, 0.25) is 15.1 Å². The molecule has 214 valence electrons. The van der Waals surface area contributed by atoms with Crippen LogP contribution in [0.1, 0.15) is 63.9 Å². The van der Waals surface area contributed by atoms with E-state index in [2.05, 4.69) is 5.32 Å². The lowest BCUT2D eigenvalue weighted by atomic mass is 9.95. The van der Waals surface area contributed by atoms with E-state index < -0.39 is 16.1 Å². The average molecular weight is 617 g/mol. The van der Waals surface area contributed by atoms with Crippen LogP contribution in [-0.4, -0.2) is 50.0 Å². The van der Waals surface area contributed by atoms with Crippen molar-refractivity contribution < 1.29 is 18.0 Å². The molecule has 1 aliphatic rings. The largest absolute Gasteiger partial charge is 0.352 e. The molecule has 2 amide bonds. The predicted molar refractivity (Wildman–Crippen MR) is 159 cm³/mol. The van der Waals surface area contributed by atoms with Gasteiger partial charge in [-0.15, -0.1) is 0 Å². The summed E-state index contributed by atoms with van der Waals surface area (Å²) >= 11 is 18.5. The monoisotopic (exact) mass is 615 g/mol. The van der Waals surface area contributed by atoms with Gasteiger partial charge in [-0.3, -0.25) is 13.9 Å². The molecule has 39 heavy (non-hydrogen) atoms. The van der Waals surface area contributed by atoms with Crippen molar-refractivity contribution in [1.82, 2.24) is 10.2 Å². The number of hydrogen-bond donors (Lipinski definition) is 1. The van der Waals surface area contributed by atoms with Crippen molar-refractivity contribution in [2.24, 2.45) is 0 Å². The van der Waals surface area contributed by atoms with Crippen LogP contribution in [0.3, 0.4) is 0 Å². The highest BCUT2D eigenvalue weighted by Gasteiger charge is 2.31. The fourth-order valence-electron chi connectivity index (χ4n) is 4.91. The second-order valence-corrected chi connectivity index (χ2v) is 13.1. The van der Waals surface area contributed by atoms with Crippen LogP contribution in [0.15, 0.2) is 42.5 Å². The molecule has 0 bridgehead atoms. The molecular weight excluding hydrogens is 581 g/mol. The van der Waals surface area contributed by atoms with Crippen molar-refractivity contribution in [3.8, 4) is 0 Å². The Bertz CT molecular complexity index is 1240. The third-order valence-electron chi connectivity index (χ3n) is 6.96. The Morgan fingerprint density at radius 3 is 2.23 bits per heavy atom. The third kappa shape index (κ3) is 9.27. The first kappa shape index (κ1) is 31.5. The highest BCUT2D eigenvalue weighted by molar-refractivity contribution is 7.92. The van der Waals surface area contributed by atoms with Crippen LogP contribution in [-0.2, 0) is 26.2 Å². The summed E-state index contributed by atoms with van der Waals surface area (Å²) in [7, 11) is -3.59. The molecule has 2 aromatic carbocycles. The molecule has 0 aromatic heterocycles. The number of anilines is 1. The molecule has 0 unspecified atom stereocenters. The normalized spacial score (nSPS) is 15.0. The van der Waals surface area contributed by atoms with Crippen LogP contribution < -0.4 is 9.62 Å². The molecule has 0 aliphatic heterocycles. The van der Waals surface area contributed by atoms with Crippen LogP contribution in [0.5, 0.6) is 0 Å². The Kier molecular flexibility index (Phi) is 11.8. The van der Waals surface area contributed by atoms with Crippen molar-refractivity contribution in [2.75, 3.05) is 17.1 Å². The summed E-state index contributed by atoms with van der Waals surface area (Å²) in [5.41, 5.74) is 1.15. The van der Waals surface area contributed by atoms with Crippen LogP contribution in [0, 0.1) is 0 Å². The molecule has 0 saturated heterocycles. The predicted octanol–water partition coefficient (Wildman–Crippen LogP) is 6.45. The minimum atomic E-state index is -3.59. The summed E-state index contributed by atoms with van der Waals surface area (Å²) < 4.78 is 26.2. The number of amides is 2. The van der Waals surface area contributed by atoms with E-state index in [0.717, 1.165) is 31.9 Å². The van der Waals surface area contributed by atoms with E-state index in [-0.39, 0.29) is 43.8 Å². The summed E-state index contributed by atoms with van der Waals surface area (Å²) in [6.45, 7) is 2.12. The van der Waals surface area contributed by atoms with Gasteiger partial charge in [0.2, 0.25) is 21.8 Å². The zero-order valence-corrected chi connectivity index (χ0v) is 25.4. The molecule has 2 aromatic rings. The SMILES string of the molecule is CC[C@H](C(=O)NC1CCCCC1)N(Cc1ccc(Cl)cc1Cl)C(=O)CCCN(c1ccc(Cl)cc1)S(C)(=O)=O. The second kappa shape index (κ2) is 14.6. The first-order valence-corrected chi connectivity index (χ1v) is 16.2. The summed E-state index contributed by atoms with van der Waals surface area (Å²) in [5.74, 6) is -0.432. The number of carbonyl (C=O) groups is 2. The lowest BCUT2D eigenvalue weighted by molar-refractivity contribution is -0.141. The fraction of sp³-hybridized carbons (Fsp3) is 0.500. The third-order valence-corrected chi connectivity index (χ3v) is 8.99. The quantitative estimate of drug-likeness (QED) is 0.297. The van der Waals surface area contributed by atoms with Gasteiger partial charge in [0.15, 0.2) is 0 Å². The molecular formula is C28H36Cl3N3O4S. The van der Waals surface area contributed by atoms with E-state index in [1.807, 2.05) is 6.92 Å². The molecule has 0 radical (unpaired) electrons. The zero-order valence-electron chi connectivity index (χ0n) is 22.3. The van der Waals surface area contributed by atoms with Crippen molar-refractivity contribution in [3.05, 3.63) is 63.1 Å². The van der Waals surface area contributed by atoms with Gasteiger partial charge in [0.1, 0.15) is 6.04 Å². The number of benzene rings is 2. The lowest BCUT2D eigenvalue weighted by Gasteiger charge is -2.33. The highest BCUT2D eigenvalue weighted by atomic mass is 35.5. The number of nitrogens with one attached hydrogen (secondary N) is 1. The first-order chi connectivity index (χ1) is 18.5. The van der Waals surface area contributed by atoms with E-state index in [1.165, 1.54) is 10.7 Å². The summed E-state index contributed by atoms with van der Waals surface area (Å²) in [4.78, 5) is 28.6. The molecule has 7 nitrogen and oxygen atoms in total. The van der Waals surface area contributed by atoms with Crippen molar-refractivity contribution in [3.63, 3.8) is 0 Å². The van der Waals surface area contributed by atoms with E-state index >= 15 is 0 Å². The molecule has 1 saturated carbocycles. The number of nitrogens with zero attached hydrogens (tertiary/aromatic N) is 2. The Balaban J connectivity index is 1.78. The average Bonchev–Trinajstić information content (AvgIpc) is 2.88. The van der Waals surface area contributed by atoms with Gasteiger partial charge in [-0.1, -0.05) is 67.1 Å². The molecule has 1 fully saturated rings. The van der Waals surface area contributed by atoms with Gasteiger partial charge in [0.05, 0.1) is 11.9 Å². The van der Waals surface area contributed by atoms with Gasteiger partial charge in [-0.05, 0) is 67.6 Å². The standard InChI is InChI=1S/C28H36Cl3N3O4S/c1-3-26(28(36)32-23-8-5-4-6-9-23)33(19-20-11-12-22(30)18-25(20)31)27(35)10-7-17-34(39(2,37)38)24-15-13-21(29)14-16-24/h11-16,18,23,26H,3-10,17,19H2,1-2H3,(H,32,36)/t26-/m1/s1. The number of hydrogen-bond acceptors (Lipinski definition) is 4. The number of carbonyl (C=O) groups excluding carboxylic acids is 2. The van der Waals surface area contributed by atoms with Crippen molar-refractivity contribution in [1.29, 1.82) is 0 Å². The maximum absolute atomic E-state index is 13.6. The van der Waals surface area contributed by atoms with E-state index in [1.54, 1.807) is 47.4 Å². The topological polar surface area (TPSA) is 86.8 Å². The molecule has 0 heterocycles. The van der Waals surface area contributed by atoms with Gasteiger partial charge in [0.25, 0.3) is 0 Å². The van der Waals surface area contributed by atoms with E-state index in [9.17, 15) is 18.0 Å². The van der Waals surface area contributed by atoms with Crippen molar-refractivity contribution in [2.45, 2.75) is 76.9 Å². The van der Waals surface area contributed by atoms with Gasteiger partial charge < -0.3 is 10.2 Å². The highest BCUT2D eigenvalue weighted by Crippen LogP contribution is 2.26. The molecule has 11 heteroatoms. The Morgan fingerprint density at radius 1 is 1.00 bits per heavy atom. The number of sulfonamides is 1. The van der Waals surface area contributed by atoms with Crippen LogP contribution >= 0.6 is 34.8 Å². The minimum absolute atomic E-state index is 0.0536. The Labute approximate surface area is 246 Å². The summed E-state index contributed by atoms with van der Waals surface area (Å²) in [6, 6.07) is 11.0. The second-order valence-electron chi connectivity index (χ2n) is 9.94. The molecule has 0 spiro atoms. The zero-order chi connectivity index (χ0) is 28.6. The van der Waals surface area contributed by atoms with Gasteiger partial charge in [-0.25, -0.2) is 8.42 Å². The lowest BCUT2D eigenvalue weighted by Crippen LogP contribution is -2.51. The van der Waals surface area contributed by atoms with E-state index in [4.69, 9.17) is 34.8 Å². The van der Waals surface area contributed by atoms with Gasteiger partial charge >= 0.3 is 0 Å². The van der Waals surface area contributed by atoms with Gasteiger partial charge in [-0.2, -0.15) is 0 Å². The molecule has 1 N–H and O–H groups in total. The minimum Gasteiger partial charge on any atom is -0.352 e. The summed E-state index contributed by atoms with van der Waals surface area (Å²) in [5, 5.41) is 4.54. The van der Waals surface area contributed by atoms with Crippen LogP contribution in [0.25, 0.3) is 0 Å². The first-order valence-electron chi connectivity index (χ1n) is 13.3. The Hall–Kier alpha value is -2.00. The van der Waals surface area contributed by atoms with E-state index in [0.29, 0.717) is 32.7 Å². The number of halogens is 3. The molecule has 1 atom stereocenters.